The molecule has 0 aliphatic carbocycles. The number of nitrogens with zero attached hydrogens (tertiary/aromatic N) is 1. The number of hydrogen-bond acceptors (Lipinski definition) is 1. The summed E-state index contributed by atoms with van der Waals surface area (Å²) in [4.78, 5) is 13.8. The van der Waals surface area contributed by atoms with Crippen LogP contribution in [0.5, 0.6) is 0 Å². The first-order chi connectivity index (χ1) is 7.33. The molecule has 1 aliphatic rings. The molecule has 0 N–H and O–H groups in total. The molecule has 0 saturated carbocycles. The Bertz CT molecular complexity index is 364. The van der Waals surface area contributed by atoms with Crippen LogP contribution in [-0.2, 0) is 11.2 Å². The monoisotopic (exact) mass is 267 g/mol. The third-order valence-electron chi connectivity index (χ3n) is 2.71. The highest BCUT2D eigenvalue weighted by Crippen LogP contribution is 2.27. The van der Waals surface area contributed by atoms with Crippen molar-refractivity contribution >= 4 is 27.5 Å². The number of rotatable bonds is 3. The molecule has 1 aromatic rings. The topological polar surface area (TPSA) is 20.3 Å². The van der Waals surface area contributed by atoms with Gasteiger partial charge >= 0.3 is 0 Å². The Morgan fingerprint density at radius 1 is 1.40 bits per heavy atom. The van der Waals surface area contributed by atoms with E-state index in [4.69, 9.17) is 0 Å². The third-order valence-corrected chi connectivity index (χ3v) is 3.27. The highest BCUT2D eigenvalue weighted by atomic mass is 79.9. The van der Waals surface area contributed by atoms with Crippen molar-refractivity contribution in [2.24, 2.45) is 0 Å². The number of amides is 1. The van der Waals surface area contributed by atoms with Crippen LogP contribution in [0.25, 0.3) is 0 Å². The van der Waals surface area contributed by atoms with Gasteiger partial charge in [-0.2, -0.15) is 0 Å². The average Bonchev–Trinajstić information content (AvgIpc) is 2.69. The summed E-state index contributed by atoms with van der Waals surface area (Å²) < 4.78 is 0. The van der Waals surface area contributed by atoms with E-state index < -0.39 is 0 Å². The molecule has 0 radical (unpaired) electrons. The molecule has 3 heteroatoms. The predicted molar refractivity (Wildman–Crippen MR) is 65.5 cm³/mol. The van der Waals surface area contributed by atoms with E-state index in [2.05, 4.69) is 22.0 Å². The van der Waals surface area contributed by atoms with E-state index in [1.165, 1.54) is 5.56 Å². The van der Waals surface area contributed by atoms with Gasteiger partial charge in [-0.1, -0.05) is 34.1 Å². The number of fused-ring (bicyclic) bond motifs is 1. The molecular weight excluding hydrogens is 254 g/mol. The Kier molecular flexibility index (Phi) is 3.41. The minimum Gasteiger partial charge on any atom is -0.312 e. The van der Waals surface area contributed by atoms with Crippen LogP contribution in [0, 0.1) is 0 Å². The fourth-order valence-electron chi connectivity index (χ4n) is 1.95. The van der Waals surface area contributed by atoms with E-state index in [1.807, 2.05) is 23.1 Å². The van der Waals surface area contributed by atoms with Gasteiger partial charge in [0.1, 0.15) is 0 Å². The first-order valence-corrected chi connectivity index (χ1v) is 6.39. The summed E-state index contributed by atoms with van der Waals surface area (Å²) in [5.74, 6) is 0.249. The number of benzene rings is 1. The van der Waals surface area contributed by atoms with E-state index in [-0.39, 0.29) is 5.91 Å². The lowest BCUT2D eigenvalue weighted by Gasteiger charge is -2.16. The summed E-state index contributed by atoms with van der Waals surface area (Å²) in [6.07, 6.45) is 2.55. The van der Waals surface area contributed by atoms with Gasteiger partial charge in [-0.05, 0) is 24.5 Å². The predicted octanol–water partition coefficient (Wildman–Crippen LogP) is 2.75. The lowest BCUT2D eigenvalue weighted by molar-refractivity contribution is -0.118. The maximum Gasteiger partial charge on any atom is 0.227 e. The normalized spacial score (nSPS) is 14.1. The number of carbonyl (C=O) groups excluding carboxylic acids is 1. The summed E-state index contributed by atoms with van der Waals surface area (Å²) in [5.41, 5.74) is 2.40. The second kappa shape index (κ2) is 4.79. The molecule has 0 atom stereocenters. The van der Waals surface area contributed by atoms with Crippen molar-refractivity contribution in [2.45, 2.75) is 19.3 Å². The zero-order chi connectivity index (χ0) is 10.7. The van der Waals surface area contributed by atoms with E-state index in [0.717, 1.165) is 30.4 Å². The molecule has 0 spiro atoms. The summed E-state index contributed by atoms with van der Waals surface area (Å²) >= 11 is 3.35. The Labute approximate surface area is 98.4 Å². The molecule has 2 rings (SSSR count). The van der Waals surface area contributed by atoms with Crippen molar-refractivity contribution in [1.82, 2.24) is 0 Å². The van der Waals surface area contributed by atoms with E-state index in [1.54, 1.807) is 0 Å². The quantitative estimate of drug-likeness (QED) is 0.772. The fraction of sp³-hybridized carbons (Fsp3) is 0.417. The van der Waals surface area contributed by atoms with E-state index in [0.29, 0.717) is 6.42 Å². The largest absolute Gasteiger partial charge is 0.312 e. The van der Waals surface area contributed by atoms with Gasteiger partial charge in [0.25, 0.3) is 0 Å². The van der Waals surface area contributed by atoms with Gasteiger partial charge in [0.15, 0.2) is 0 Å². The molecule has 80 valence electrons. The molecule has 15 heavy (non-hydrogen) atoms. The molecule has 0 saturated heterocycles. The lowest BCUT2D eigenvalue weighted by atomic mass is 10.2. The van der Waals surface area contributed by atoms with Gasteiger partial charge in [-0.25, -0.2) is 0 Å². The molecular formula is C12H14BrNO. The van der Waals surface area contributed by atoms with Crippen molar-refractivity contribution < 1.29 is 4.79 Å². The zero-order valence-corrected chi connectivity index (χ0v) is 10.2. The van der Waals surface area contributed by atoms with Crippen LogP contribution >= 0.6 is 15.9 Å². The zero-order valence-electron chi connectivity index (χ0n) is 8.58. The Morgan fingerprint density at radius 2 is 2.20 bits per heavy atom. The minimum atomic E-state index is 0.249. The second-order valence-corrected chi connectivity index (χ2v) is 4.51. The van der Waals surface area contributed by atoms with Gasteiger partial charge in [0.05, 0.1) is 0 Å². The lowest BCUT2D eigenvalue weighted by Crippen LogP contribution is -2.28. The first-order valence-electron chi connectivity index (χ1n) is 5.27. The Balaban J connectivity index is 2.10. The number of alkyl halides is 1. The van der Waals surface area contributed by atoms with Crippen LogP contribution in [0.3, 0.4) is 0 Å². The van der Waals surface area contributed by atoms with Gasteiger partial charge in [-0.3, -0.25) is 4.79 Å². The molecule has 0 bridgehead atoms. The second-order valence-electron chi connectivity index (χ2n) is 3.72. The number of carbonyl (C=O) groups is 1. The molecule has 1 heterocycles. The van der Waals surface area contributed by atoms with Crippen LogP contribution in [0.2, 0.25) is 0 Å². The number of anilines is 1. The van der Waals surface area contributed by atoms with E-state index >= 15 is 0 Å². The van der Waals surface area contributed by atoms with Crippen LogP contribution in [-0.4, -0.2) is 17.8 Å². The summed E-state index contributed by atoms with van der Waals surface area (Å²) in [6.45, 7) is 0.848. The van der Waals surface area contributed by atoms with Gasteiger partial charge in [0, 0.05) is 24.0 Å². The molecule has 0 unspecified atom stereocenters. The molecule has 1 aliphatic heterocycles. The first kappa shape index (κ1) is 10.7. The molecule has 1 aromatic carbocycles. The van der Waals surface area contributed by atoms with Crippen molar-refractivity contribution in [3.63, 3.8) is 0 Å². The molecule has 2 nitrogen and oxygen atoms in total. The van der Waals surface area contributed by atoms with Crippen molar-refractivity contribution in [3.05, 3.63) is 29.8 Å². The smallest absolute Gasteiger partial charge is 0.227 e. The van der Waals surface area contributed by atoms with Crippen molar-refractivity contribution in [3.8, 4) is 0 Å². The molecule has 0 fully saturated rings. The van der Waals surface area contributed by atoms with Crippen molar-refractivity contribution in [1.29, 1.82) is 0 Å². The van der Waals surface area contributed by atoms with Gasteiger partial charge < -0.3 is 4.90 Å². The summed E-state index contributed by atoms with van der Waals surface area (Å²) in [6, 6.07) is 8.17. The van der Waals surface area contributed by atoms with E-state index in [9.17, 15) is 4.79 Å². The fourth-order valence-corrected chi connectivity index (χ4v) is 2.23. The van der Waals surface area contributed by atoms with Gasteiger partial charge in [-0.15, -0.1) is 0 Å². The molecule has 0 aromatic heterocycles. The highest BCUT2D eigenvalue weighted by Gasteiger charge is 2.23. The van der Waals surface area contributed by atoms with Crippen LogP contribution in [0.15, 0.2) is 24.3 Å². The summed E-state index contributed by atoms with van der Waals surface area (Å²) in [5, 5.41) is 0.897. The van der Waals surface area contributed by atoms with Crippen LogP contribution in [0.4, 0.5) is 5.69 Å². The SMILES string of the molecule is O=C(CCCBr)N1CCc2ccccc21. The maximum atomic E-state index is 11.9. The number of para-hydroxylation sites is 1. The van der Waals surface area contributed by atoms with Crippen LogP contribution in [0.1, 0.15) is 18.4 Å². The average molecular weight is 268 g/mol. The Hall–Kier alpha value is -0.830. The maximum absolute atomic E-state index is 11.9. The standard InChI is InChI=1S/C12H14BrNO/c13-8-3-6-12(15)14-9-7-10-4-1-2-5-11(10)14/h1-2,4-5H,3,6-9H2. The number of hydrogen-bond donors (Lipinski definition) is 0. The van der Waals surface area contributed by atoms with Crippen molar-refractivity contribution in [2.75, 3.05) is 16.8 Å². The Morgan fingerprint density at radius 3 is 3.00 bits per heavy atom. The van der Waals surface area contributed by atoms with Crippen LogP contribution < -0.4 is 4.90 Å². The summed E-state index contributed by atoms with van der Waals surface area (Å²) in [7, 11) is 0. The number of halogens is 1. The third kappa shape index (κ3) is 2.23. The highest BCUT2D eigenvalue weighted by molar-refractivity contribution is 9.09. The molecule has 1 amide bonds. The van der Waals surface area contributed by atoms with Gasteiger partial charge in [0.2, 0.25) is 5.91 Å². The minimum absolute atomic E-state index is 0.249.